The van der Waals surface area contributed by atoms with Crippen LogP contribution in [-0.4, -0.2) is 40.9 Å². The van der Waals surface area contributed by atoms with E-state index in [1.807, 2.05) is 29.2 Å². The number of fused-ring (bicyclic) bond motifs is 1. The second-order valence-corrected chi connectivity index (χ2v) is 7.59. The lowest BCUT2D eigenvalue weighted by Crippen LogP contribution is -2.52. The van der Waals surface area contributed by atoms with Gasteiger partial charge in [0.15, 0.2) is 0 Å². The zero-order valence-electron chi connectivity index (χ0n) is 15.4. The number of nitrogens with zero attached hydrogens (tertiary/aromatic N) is 2. The van der Waals surface area contributed by atoms with Gasteiger partial charge >= 0.3 is 0 Å². The molecule has 0 spiro atoms. The minimum absolute atomic E-state index is 0.0495. The Kier molecular flexibility index (Phi) is 4.96. The van der Waals surface area contributed by atoms with Crippen molar-refractivity contribution in [3.8, 4) is 0 Å². The summed E-state index contributed by atoms with van der Waals surface area (Å²) in [4.78, 5) is 16.5. The SMILES string of the molecule is CC(=O)N1CCC[C@@H]2[C@H]1[C@@H](c1ccc(F)cc1)CN2Cc1ccccc1F. The Labute approximate surface area is 158 Å². The van der Waals surface area contributed by atoms with Gasteiger partial charge in [0.1, 0.15) is 11.6 Å². The summed E-state index contributed by atoms with van der Waals surface area (Å²) >= 11 is 0. The number of hydrogen-bond donors (Lipinski definition) is 0. The van der Waals surface area contributed by atoms with Crippen molar-refractivity contribution in [2.24, 2.45) is 0 Å². The van der Waals surface area contributed by atoms with Crippen molar-refractivity contribution in [3.05, 3.63) is 71.3 Å². The average molecular weight is 370 g/mol. The van der Waals surface area contributed by atoms with Gasteiger partial charge in [-0.3, -0.25) is 9.69 Å². The Hall–Kier alpha value is -2.27. The number of hydrogen-bond acceptors (Lipinski definition) is 2. The van der Waals surface area contributed by atoms with E-state index >= 15 is 0 Å². The number of rotatable bonds is 3. The van der Waals surface area contributed by atoms with Crippen LogP contribution in [0.15, 0.2) is 48.5 Å². The van der Waals surface area contributed by atoms with Gasteiger partial charge in [0, 0.05) is 44.1 Å². The van der Waals surface area contributed by atoms with Gasteiger partial charge in [0.05, 0.1) is 6.04 Å². The van der Waals surface area contributed by atoms with Gasteiger partial charge in [0.25, 0.3) is 0 Å². The molecule has 2 fully saturated rings. The standard InChI is InChI=1S/C22H24F2N2O/c1-15(27)26-12-4-7-21-22(26)19(16-8-10-18(23)11-9-16)14-25(21)13-17-5-2-3-6-20(17)24/h2-3,5-6,8-11,19,21-22H,4,7,12-14H2,1H3/t19-,21-,22-/m1/s1. The lowest BCUT2D eigenvalue weighted by molar-refractivity contribution is -0.133. The molecule has 0 unspecified atom stereocenters. The molecule has 2 heterocycles. The normalized spacial score (nSPS) is 25.4. The molecule has 4 rings (SSSR count). The highest BCUT2D eigenvalue weighted by Gasteiger charge is 2.47. The van der Waals surface area contributed by atoms with Crippen LogP contribution in [0, 0.1) is 11.6 Å². The molecule has 0 aliphatic carbocycles. The van der Waals surface area contributed by atoms with E-state index < -0.39 is 0 Å². The van der Waals surface area contributed by atoms with Crippen LogP contribution < -0.4 is 0 Å². The summed E-state index contributed by atoms with van der Waals surface area (Å²) in [5.41, 5.74) is 1.71. The molecule has 5 heteroatoms. The van der Waals surface area contributed by atoms with Crippen LogP contribution in [0.3, 0.4) is 0 Å². The van der Waals surface area contributed by atoms with Gasteiger partial charge in [-0.1, -0.05) is 30.3 Å². The Morgan fingerprint density at radius 3 is 2.56 bits per heavy atom. The van der Waals surface area contributed by atoms with Gasteiger partial charge in [-0.25, -0.2) is 8.78 Å². The van der Waals surface area contributed by atoms with Crippen molar-refractivity contribution in [3.63, 3.8) is 0 Å². The maximum Gasteiger partial charge on any atom is 0.219 e. The number of halogens is 2. The number of likely N-dealkylation sites (tertiary alicyclic amines) is 2. The maximum atomic E-state index is 14.2. The second kappa shape index (κ2) is 7.39. The Balaban J connectivity index is 1.67. The molecule has 0 radical (unpaired) electrons. The summed E-state index contributed by atoms with van der Waals surface area (Å²) < 4.78 is 27.6. The van der Waals surface area contributed by atoms with E-state index in [4.69, 9.17) is 0 Å². The van der Waals surface area contributed by atoms with Crippen LogP contribution in [-0.2, 0) is 11.3 Å². The van der Waals surface area contributed by atoms with Crippen molar-refractivity contribution in [1.29, 1.82) is 0 Å². The molecule has 3 nitrogen and oxygen atoms in total. The molecule has 0 bridgehead atoms. The van der Waals surface area contributed by atoms with E-state index in [0.29, 0.717) is 12.1 Å². The van der Waals surface area contributed by atoms with E-state index in [-0.39, 0.29) is 35.5 Å². The van der Waals surface area contributed by atoms with Crippen LogP contribution in [0.25, 0.3) is 0 Å². The van der Waals surface area contributed by atoms with Crippen molar-refractivity contribution in [1.82, 2.24) is 9.80 Å². The molecule has 27 heavy (non-hydrogen) atoms. The van der Waals surface area contributed by atoms with Gasteiger partial charge in [-0.15, -0.1) is 0 Å². The fraction of sp³-hybridized carbons (Fsp3) is 0.409. The highest BCUT2D eigenvalue weighted by atomic mass is 19.1. The molecule has 3 atom stereocenters. The zero-order chi connectivity index (χ0) is 19.0. The van der Waals surface area contributed by atoms with E-state index in [1.54, 1.807) is 13.0 Å². The van der Waals surface area contributed by atoms with Crippen LogP contribution in [0.4, 0.5) is 8.78 Å². The minimum Gasteiger partial charge on any atom is -0.338 e. The minimum atomic E-state index is -0.261. The molecule has 142 valence electrons. The quantitative estimate of drug-likeness (QED) is 0.817. The number of piperidine rings is 1. The lowest BCUT2D eigenvalue weighted by atomic mass is 9.86. The average Bonchev–Trinajstić information content (AvgIpc) is 3.03. The highest BCUT2D eigenvalue weighted by molar-refractivity contribution is 5.74. The van der Waals surface area contributed by atoms with E-state index in [2.05, 4.69) is 4.90 Å². The van der Waals surface area contributed by atoms with E-state index in [1.165, 1.54) is 18.2 Å². The predicted molar refractivity (Wildman–Crippen MR) is 100 cm³/mol. The van der Waals surface area contributed by atoms with Gasteiger partial charge in [-0.2, -0.15) is 0 Å². The molecular weight excluding hydrogens is 346 g/mol. The molecule has 0 N–H and O–H groups in total. The first-order valence-corrected chi connectivity index (χ1v) is 9.54. The molecule has 0 aromatic heterocycles. The number of benzene rings is 2. The van der Waals surface area contributed by atoms with Crippen LogP contribution >= 0.6 is 0 Å². The molecule has 2 saturated heterocycles. The fourth-order valence-electron chi connectivity index (χ4n) is 4.79. The van der Waals surface area contributed by atoms with Crippen molar-refractivity contribution >= 4 is 5.91 Å². The number of carbonyl (C=O) groups is 1. The van der Waals surface area contributed by atoms with Crippen LogP contribution in [0.1, 0.15) is 36.8 Å². The second-order valence-electron chi connectivity index (χ2n) is 7.59. The summed E-state index contributed by atoms with van der Waals surface area (Å²) in [5, 5.41) is 0. The molecule has 0 saturated carbocycles. The fourth-order valence-corrected chi connectivity index (χ4v) is 4.79. The monoisotopic (exact) mass is 370 g/mol. The largest absolute Gasteiger partial charge is 0.338 e. The molecular formula is C22H24F2N2O. The third-order valence-corrected chi connectivity index (χ3v) is 6.00. The first-order valence-electron chi connectivity index (χ1n) is 9.54. The smallest absolute Gasteiger partial charge is 0.219 e. The first kappa shape index (κ1) is 18.1. The van der Waals surface area contributed by atoms with Crippen LogP contribution in [0.5, 0.6) is 0 Å². The topological polar surface area (TPSA) is 23.6 Å². The van der Waals surface area contributed by atoms with Gasteiger partial charge in [-0.05, 0) is 36.6 Å². The summed E-state index contributed by atoms with van der Waals surface area (Å²) in [6.07, 6.45) is 1.94. The Morgan fingerprint density at radius 1 is 1.11 bits per heavy atom. The molecule has 2 aliphatic rings. The summed E-state index contributed by atoms with van der Waals surface area (Å²) in [7, 11) is 0. The highest BCUT2D eigenvalue weighted by Crippen LogP contribution is 2.41. The maximum absolute atomic E-state index is 14.2. The summed E-state index contributed by atoms with van der Waals surface area (Å²) in [5.74, 6) is -0.279. The molecule has 2 aromatic rings. The summed E-state index contributed by atoms with van der Waals surface area (Å²) in [6.45, 7) is 3.63. The van der Waals surface area contributed by atoms with Gasteiger partial charge < -0.3 is 4.90 Å². The zero-order valence-corrected chi connectivity index (χ0v) is 15.4. The van der Waals surface area contributed by atoms with Crippen molar-refractivity contribution in [2.75, 3.05) is 13.1 Å². The molecule has 2 aromatic carbocycles. The number of carbonyl (C=O) groups excluding carboxylic acids is 1. The van der Waals surface area contributed by atoms with Crippen LogP contribution in [0.2, 0.25) is 0 Å². The first-order chi connectivity index (χ1) is 13.0. The molecule has 2 aliphatic heterocycles. The lowest BCUT2D eigenvalue weighted by Gasteiger charge is -2.41. The van der Waals surface area contributed by atoms with E-state index in [9.17, 15) is 13.6 Å². The van der Waals surface area contributed by atoms with Gasteiger partial charge in [0.2, 0.25) is 5.91 Å². The third kappa shape index (κ3) is 3.48. The Morgan fingerprint density at radius 2 is 1.85 bits per heavy atom. The molecule has 1 amide bonds. The van der Waals surface area contributed by atoms with Crippen molar-refractivity contribution < 1.29 is 13.6 Å². The number of amides is 1. The third-order valence-electron chi connectivity index (χ3n) is 6.00. The van der Waals surface area contributed by atoms with Crippen molar-refractivity contribution in [2.45, 2.75) is 44.3 Å². The van der Waals surface area contributed by atoms with E-state index in [0.717, 1.165) is 31.5 Å². The Bertz CT molecular complexity index is 823. The predicted octanol–water partition coefficient (Wildman–Crippen LogP) is 3.94. The summed E-state index contributed by atoms with van der Waals surface area (Å²) in [6, 6.07) is 13.7.